The molecule has 0 aliphatic rings. The topological polar surface area (TPSA) is 50.9 Å². The molecular formula is C10H10IN3S. The van der Waals surface area contributed by atoms with Gasteiger partial charge in [-0.1, -0.05) is 0 Å². The molecule has 0 aliphatic heterocycles. The van der Waals surface area contributed by atoms with Gasteiger partial charge in [-0.25, -0.2) is 0 Å². The van der Waals surface area contributed by atoms with Gasteiger partial charge >= 0.3 is 0 Å². The number of nitrogen functional groups attached to an aromatic ring is 1. The summed E-state index contributed by atoms with van der Waals surface area (Å²) in [6, 6.07) is 5.99. The molecule has 0 radical (unpaired) electrons. The van der Waals surface area contributed by atoms with Gasteiger partial charge in [-0.3, -0.25) is 4.98 Å². The number of thiazole rings is 1. The van der Waals surface area contributed by atoms with E-state index in [9.17, 15) is 0 Å². The zero-order chi connectivity index (χ0) is 10.7. The van der Waals surface area contributed by atoms with E-state index in [1.54, 1.807) is 11.3 Å². The fourth-order valence-corrected chi connectivity index (χ4v) is 2.26. The second-order valence-electron chi connectivity index (χ2n) is 3.05. The maximum atomic E-state index is 5.88. The fourth-order valence-electron chi connectivity index (χ4n) is 1.21. The summed E-state index contributed by atoms with van der Waals surface area (Å²) >= 11 is 3.88. The van der Waals surface area contributed by atoms with Gasteiger partial charge in [0.1, 0.15) is 0 Å². The van der Waals surface area contributed by atoms with Gasteiger partial charge in [0.15, 0.2) is 0 Å². The zero-order valence-electron chi connectivity index (χ0n) is 7.90. The highest BCUT2D eigenvalue weighted by Crippen LogP contribution is 2.21. The molecule has 0 spiro atoms. The molecule has 0 aliphatic carbocycles. The van der Waals surface area contributed by atoms with Crippen LogP contribution in [-0.4, -0.2) is 4.98 Å². The van der Waals surface area contributed by atoms with E-state index in [4.69, 9.17) is 5.73 Å². The van der Waals surface area contributed by atoms with Gasteiger partial charge in [0.2, 0.25) is 0 Å². The van der Waals surface area contributed by atoms with E-state index >= 15 is 0 Å². The minimum atomic E-state index is 0.773. The predicted octanol–water partition coefficient (Wildman–Crippen LogP) is 2.94. The number of hydrogen-bond donors (Lipinski definition) is 2. The molecule has 1 heterocycles. The molecule has 3 N–H and O–H groups in total. The van der Waals surface area contributed by atoms with Gasteiger partial charge < -0.3 is 11.1 Å². The number of nitrogens with one attached hydrogen (secondary N) is 1. The van der Waals surface area contributed by atoms with Crippen molar-refractivity contribution in [3.05, 3.63) is 38.4 Å². The van der Waals surface area contributed by atoms with Crippen molar-refractivity contribution in [3.8, 4) is 0 Å². The number of rotatable bonds is 3. The lowest BCUT2D eigenvalue weighted by Gasteiger charge is -2.07. The number of anilines is 2. The Bertz CT molecular complexity index is 442. The summed E-state index contributed by atoms with van der Waals surface area (Å²) in [6.07, 6.45) is 1.86. The summed E-state index contributed by atoms with van der Waals surface area (Å²) in [4.78, 5) is 5.22. The molecular weight excluding hydrogens is 321 g/mol. The third-order valence-corrected chi connectivity index (χ3v) is 3.40. The van der Waals surface area contributed by atoms with Crippen LogP contribution in [0.25, 0.3) is 0 Å². The molecule has 15 heavy (non-hydrogen) atoms. The highest BCUT2D eigenvalue weighted by molar-refractivity contribution is 14.1. The van der Waals surface area contributed by atoms with Crippen molar-refractivity contribution in [2.75, 3.05) is 11.1 Å². The standard InChI is InChI=1S/C10H10IN3S/c11-7-1-2-10(9(12)3-7)14-5-8-4-13-6-15-8/h1-4,6,14H,5,12H2. The minimum absolute atomic E-state index is 0.773. The molecule has 0 saturated heterocycles. The number of aromatic nitrogens is 1. The second-order valence-corrected chi connectivity index (χ2v) is 5.27. The van der Waals surface area contributed by atoms with E-state index in [1.165, 1.54) is 4.88 Å². The lowest BCUT2D eigenvalue weighted by molar-refractivity contribution is 1.18. The summed E-state index contributed by atoms with van der Waals surface area (Å²) < 4.78 is 1.15. The molecule has 3 nitrogen and oxygen atoms in total. The molecule has 1 aromatic heterocycles. The van der Waals surface area contributed by atoms with Crippen LogP contribution in [0.3, 0.4) is 0 Å². The SMILES string of the molecule is Nc1cc(I)ccc1NCc1cncs1. The van der Waals surface area contributed by atoms with Crippen LogP contribution in [0.2, 0.25) is 0 Å². The van der Waals surface area contributed by atoms with Gasteiger partial charge in [-0.2, -0.15) is 0 Å². The highest BCUT2D eigenvalue weighted by atomic mass is 127. The number of halogens is 1. The Labute approximate surface area is 106 Å². The quantitative estimate of drug-likeness (QED) is 0.672. The minimum Gasteiger partial charge on any atom is -0.397 e. The molecule has 0 amide bonds. The summed E-state index contributed by atoms with van der Waals surface area (Å²) in [6.45, 7) is 0.773. The van der Waals surface area contributed by atoms with Crippen LogP contribution >= 0.6 is 33.9 Å². The van der Waals surface area contributed by atoms with Crippen LogP contribution in [0.15, 0.2) is 29.9 Å². The van der Waals surface area contributed by atoms with Crippen molar-refractivity contribution in [1.82, 2.24) is 4.98 Å². The molecule has 78 valence electrons. The number of nitrogens with zero attached hydrogens (tertiary/aromatic N) is 1. The molecule has 0 unspecified atom stereocenters. The molecule has 5 heteroatoms. The number of nitrogens with two attached hydrogens (primary N) is 1. The first-order valence-corrected chi connectivity index (χ1v) is 6.38. The van der Waals surface area contributed by atoms with Crippen LogP contribution in [-0.2, 0) is 6.54 Å². The molecule has 2 aromatic rings. The summed E-state index contributed by atoms with van der Waals surface area (Å²) in [7, 11) is 0. The maximum absolute atomic E-state index is 5.88. The molecule has 0 saturated carbocycles. The fraction of sp³-hybridized carbons (Fsp3) is 0.100. The van der Waals surface area contributed by atoms with Crippen molar-refractivity contribution in [2.45, 2.75) is 6.54 Å². The summed E-state index contributed by atoms with van der Waals surface area (Å²) in [5, 5.41) is 3.28. The largest absolute Gasteiger partial charge is 0.397 e. The average molecular weight is 331 g/mol. The Morgan fingerprint density at radius 1 is 1.47 bits per heavy atom. The van der Waals surface area contributed by atoms with Gasteiger partial charge in [0.25, 0.3) is 0 Å². The van der Waals surface area contributed by atoms with Crippen LogP contribution < -0.4 is 11.1 Å². The van der Waals surface area contributed by atoms with E-state index in [0.29, 0.717) is 0 Å². The Morgan fingerprint density at radius 2 is 2.33 bits per heavy atom. The lowest BCUT2D eigenvalue weighted by atomic mass is 10.2. The molecule has 0 bridgehead atoms. The van der Waals surface area contributed by atoms with Crippen LogP contribution in [0.4, 0.5) is 11.4 Å². The third-order valence-electron chi connectivity index (χ3n) is 1.95. The van der Waals surface area contributed by atoms with Gasteiger partial charge in [0, 0.05) is 14.6 Å². The molecule has 0 fully saturated rings. The molecule has 1 aromatic carbocycles. The van der Waals surface area contributed by atoms with E-state index in [1.807, 2.05) is 29.9 Å². The van der Waals surface area contributed by atoms with Crippen molar-refractivity contribution in [1.29, 1.82) is 0 Å². The highest BCUT2D eigenvalue weighted by Gasteiger charge is 2.00. The van der Waals surface area contributed by atoms with Gasteiger partial charge in [-0.15, -0.1) is 11.3 Å². The van der Waals surface area contributed by atoms with Crippen molar-refractivity contribution in [3.63, 3.8) is 0 Å². The zero-order valence-corrected chi connectivity index (χ0v) is 10.9. The van der Waals surface area contributed by atoms with Gasteiger partial charge in [0.05, 0.1) is 23.4 Å². The Morgan fingerprint density at radius 3 is 3.00 bits per heavy atom. The smallest absolute Gasteiger partial charge is 0.0794 e. The van der Waals surface area contributed by atoms with E-state index < -0.39 is 0 Å². The Balaban J connectivity index is 2.05. The summed E-state index contributed by atoms with van der Waals surface area (Å²) in [5.74, 6) is 0. The van der Waals surface area contributed by atoms with E-state index in [0.717, 1.165) is 21.5 Å². The van der Waals surface area contributed by atoms with Crippen LogP contribution in [0.5, 0.6) is 0 Å². The molecule has 2 rings (SSSR count). The monoisotopic (exact) mass is 331 g/mol. The Kier molecular flexibility index (Phi) is 3.42. The van der Waals surface area contributed by atoms with Gasteiger partial charge in [-0.05, 0) is 40.8 Å². The molecule has 0 atom stereocenters. The normalized spacial score (nSPS) is 10.2. The second kappa shape index (κ2) is 4.80. The average Bonchev–Trinajstić information content (AvgIpc) is 2.69. The lowest BCUT2D eigenvalue weighted by Crippen LogP contribution is -2.01. The third kappa shape index (κ3) is 2.82. The predicted molar refractivity (Wildman–Crippen MR) is 73.0 cm³/mol. The van der Waals surface area contributed by atoms with Crippen LogP contribution in [0.1, 0.15) is 4.88 Å². The van der Waals surface area contributed by atoms with E-state index in [-0.39, 0.29) is 0 Å². The number of hydrogen-bond acceptors (Lipinski definition) is 4. The Hall–Kier alpha value is -0.820. The van der Waals surface area contributed by atoms with E-state index in [2.05, 4.69) is 32.9 Å². The maximum Gasteiger partial charge on any atom is 0.0794 e. The van der Waals surface area contributed by atoms with Crippen LogP contribution in [0, 0.1) is 3.57 Å². The first-order chi connectivity index (χ1) is 7.25. The summed E-state index contributed by atoms with van der Waals surface area (Å²) in [5.41, 5.74) is 9.47. The first-order valence-electron chi connectivity index (χ1n) is 4.42. The van der Waals surface area contributed by atoms with Crippen molar-refractivity contribution < 1.29 is 0 Å². The van der Waals surface area contributed by atoms with Crippen molar-refractivity contribution in [2.24, 2.45) is 0 Å². The first kappa shape index (κ1) is 10.7. The van der Waals surface area contributed by atoms with Crippen molar-refractivity contribution >= 4 is 45.3 Å². The number of benzene rings is 1.